The molecule has 21 heavy (non-hydrogen) atoms. The normalized spacial score (nSPS) is 18.2. The molecule has 0 radical (unpaired) electrons. The number of hydrogen-bond donors (Lipinski definition) is 1. The van der Waals surface area contributed by atoms with E-state index in [9.17, 15) is 9.90 Å². The van der Waals surface area contributed by atoms with Gasteiger partial charge in [-0.3, -0.25) is 4.79 Å². The van der Waals surface area contributed by atoms with E-state index in [4.69, 9.17) is 11.6 Å². The largest absolute Gasteiger partial charge is 0.481 e. The number of carboxylic acids is 1. The van der Waals surface area contributed by atoms with Crippen molar-refractivity contribution >= 4 is 29.3 Å². The lowest BCUT2D eigenvalue weighted by molar-refractivity contribution is -0.139. The summed E-state index contributed by atoms with van der Waals surface area (Å²) in [5, 5.41) is 10.4. The molecule has 0 fully saturated rings. The van der Waals surface area contributed by atoms with E-state index in [-0.39, 0.29) is 0 Å². The number of hydrogen-bond acceptors (Lipinski definition) is 2. The molecule has 3 rings (SSSR count). The molecule has 2 aromatic carbocycles. The zero-order valence-corrected chi connectivity index (χ0v) is 12.9. The average molecular weight is 319 g/mol. The Hall–Kier alpha value is -1.45. The maximum atomic E-state index is 11.6. The second kappa shape index (κ2) is 6.12. The molecule has 2 atom stereocenters. The van der Waals surface area contributed by atoms with Crippen LogP contribution in [0, 0.1) is 0 Å². The van der Waals surface area contributed by atoms with Gasteiger partial charge in [0.25, 0.3) is 0 Å². The monoisotopic (exact) mass is 318 g/mol. The average Bonchev–Trinajstić information content (AvgIpc) is 2.88. The van der Waals surface area contributed by atoms with Crippen molar-refractivity contribution < 1.29 is 9.90 Å². The molecule has 0 aliphatic carbocycles. The molecular weight excluding hydrogens is 304 g/mol. The molecule has 2 aromatic rings. The smallest absolute Gasteiger partial charge is 0.311 e. The van der Waals surface area contributed by atoms with Gasteiger partial charge in [-0.05, 0) is 36.1 Å². The molecule has 0 amide bonds. The fraction of sp³-hybridized carbons (Fsp3) is 0.235. The number of benzene rings is 2. The van der Waals surface area contributed by atoms with Crippen LogP contribution < -0.4 is 0 Å². The minimum Gasteiger partial charge on any atom is -0.481 e. The van der Waals surface area contributed by atoms with Gasteiger partial charge >= 0.3 is 5.97 Å². The zero-order valence-electron chi connectivity index (χ0n) is 11.3. The molecule has 0 bridgehead atoms. The van der Waals surface area contributed by atoms with Gasteiger partial charge in [0.1, 0.15) is 0 Å². The van der Waals surface area contributed by atoms with Gasteiger partial charge in [-0.1, -0.05) is 48.0 Å². The van der Waals surface area contributed by atoms with Crippen molar-refractivity contribution in [2.45, 2.75) is 28.9 Å². The van der Waals surface area contributed by atoms with Gasteiger partial charge in [0.15, 0.2) is 0 Å². The van der Waals surface area contributed by atoms with Gasteiger partial charge in [0.2, 0.25) is 0 Å². The van der Waals surface area contributed by atoms with Gasteiger partial charge in [-0.25, -0.2) is 0 Å². The van der Waals surface area contributed by atoms with Gasteiger partial charge in [0.05, 0.1) is 5.92 Å². The number of rotatable bonds is 4. The summed E-state index contributed by atoms with van der Waals surface area (Å²) >= 11 is 7.94. The third kappa shape index (κ3) is 3.09. The zero-order chi connectivity index (χ0) is 14.8. The van der Waals surface area contributed by atoms with Crippen molar-refractivity contribution in [3.63, 3.8) is 0 Å². The summed E-state index contributed by atoms with van der Waals surface area (Å²) in [5.74, 6) is -1.36. The molecule has 108 valence electrons. The van der Waals surface area contributed by atoms with Crippen LogP contribution >= 0.6 is 23.4 Å². The lowest BCUT2D eigenvalue weighted by atomic mass is 9.92. The van der Waals surface area contributed by atoms with E-state index >= 15 is 0 Å². The second-order valence-electron chi connectivity index (χ2n) is 5.20. The number of aliphatic carboxylic acids is 1. The van der Waals surface area contributed by atoms with Crippen LogP contribution in [0.15, 0.2) is 53.4 Å². The first-order valence-electron chi connectivity index (χ1n) is 6.87. The highest BCUT2D eigenvalue weighted by Gasteiger charge is 2.30. The van der Waals surface area contributed by atoms with Gasteiger partial charge in [0, 0.05) is 15.2 Å². The molecule has 4 heteroatoms. The lowest BCUT2D eigenvalue weighted by Crippen LogP contribution is -2.17. The van der Waals surface area contributed by atoms with E-state index in [1.54, 1.807) is 17.8 Å². The van der Waals surface area contributed by atoms with E-state index in [1.807, 2.05) is 30.3 Å². The lowest BCUT2D eigenvalue weighted by Gasteiger charge is -2.17. The summed E-state index contributed by atoms with van der Waals surface area (Å²) in [5.41, 5.74) is 2.03. The highest BCUT2D eigenvalue weighted by Crippen LogP contribution is 2.42. The predicted molar refractivity (Wildman–Crippen MR) is 86.2 cm³/mol. The van der Waals surface area contributed by atoms with Crippen LogP contribution in [0.3, 0.4) is 0 Å². The minimum atomic E-state index is -0.806. The highest BCUT2D eigenvalue weighted by atomic mass is 35.5. The summed E-state index contributed by atoms with van der Waals surface area (Å²) in [4.78, 5) is 12.9. The molecular formula is C17H15ClO2S. The van der Waals surface area contributed by atoms with Crippen molar-refractivity contribution in [1.29, 1.82) is 0 Å². The maximum Gasteiger partial charge on any atom is 0.311 e. The molecule has 0 spiro atoms. The van der Waals surface area contributed by atoms with Crippen LogP contribution in [0.1, 0.15) is 23.5 Å². The van der Waals surface area contributed by atoms with Crippen LogP contribution in [0.5, 0.6) is 0 Å². The first-order valence-corrected chi connectivity index (χ1v) is 8.12. The van der Waals surface area contributed by atoms with Gasteiger partial charge in [-0.15, -0.1) is 11.8 Å². The van der Waals surface area contributed by atoms with Crippen molar-refractivity contribution in [3.05, 3.63) is 64.7 Å². The van der Waals surface area contributed by atoms with Crippen molar-refractivity contribution in [2.24, 2.45) is 0 Å². The Morgan fingerprint density at radius 2 is 1.95 bits per heavy atom. The molecule has 2 unspecified atom stereocenters. The maximum absolute atomic E-state index is 11.6. The Morgan fingerprint density at radius 1 is 1.24 bits per heavy atom. The number of carbonyl (C=O) groups is 1. The topological polar surface area (TPSA) is 37.3 Å². The van der Waals surface area contributed by atoms with E-state index in [0.29, 0.717) is 22.3 Å². The molecule has 0 saturated heterocycles. The minimum absolute atomic E-state index is 0.291. The Bertz CT molecular complexity index is 646. The fourth-order valence-electron chi connectivity index (χ4n) is 2.77. The third-order valence-corrected chi connectivity index (χ3v) is 5.48. The van der Waals surface area contributed by atoms with E-state index in [2.05, 4.69) is 12.1 Å². The Kier molecular flexibility index (Phi) is 4.22. The summed E-state index contributed by atoms with van der Waals surface area (Å²) in [6.45, 7) is 0. The molecule has 1 aliphatic heterocycles. The molecule has 1 aliphatic rings. The highest BCUT2D eigenvalue weighted by molar-refractivity contribution is 8.00. The van der Waals surface area contributed by atoms with Crippen LogP contribution in [-0.2, 0) is 11.2 Å². The van der Waals surface area contributed by atoms with Crippen molar-refractivity contribution in [3.8, 4) is 0 Å². The predicted octanol–water partition coefficient (Wildman–Crippen LogP) is 4.62. The fourth-order valence-corrected chi connectivity index (χ4v) is 4.40. The second-order valence-corrected chi connectivity index (χ2v) is 6.95. The molecule has 2 nitrogen and oxygen atoms in total. The summed E-state index contributed by atoms with van der Waals surface area (Å²) in [7, 11) is 0. The summed E-state index contributed by atoms with van der Waals surface area (Å²) in [6, 6.07) is 15.5. The van der Waals surface area contributed by atoms with Crippen LogP contribution in [-0.4, -0.2) is 16.3 Å². The Labute approximate surface area is 133 Å². The number of halogens is 1. The number of carboxylic acid groups (broad SMARTS) is 1. The van der Waals surface area contributed by atoms with Crippen molar-refractivity contribution in [2.75, 3.05) is 0 Å². The molecule has 0 aromatic heterocycles. The molecule has 1 N–H and O–H groups in total. The quantitative estimate of drug-likeness (QED) is 0.894. The Balaban J connectivity index is 1.79. The van der Waals surface area contributed by atoms with Gasteiger partial charge < -0.3 is 5.11 Å². The number of fused-ring (bicyclic) bond motifs is 1. The first-order chi connectivity index (χ1) is 10.1. The van der Waals surface area contributed by atoms with Crippen LogP contribution in [0.25, 0.3) is 0 Å². The van der Waals surface area contributed by atoms with Crippen LogP contribution in [0.4, 0.5) is 0 Å². The third-order valence-electron chi connectivity index (χ3n) is 3.79. The van der Waals surface area contributed by atoms with Gasteiger partial charge in [-0.2, -0.15) is 0 Å². The van der Waals surface area contributed by atoms with Crippen molar-refractivity contribution in [1.82, 2.24) is 0 Å². The van der Waals surface area contributed by atoms with Crippen LogP contribution in [0.2, 0.25) is 5.02 Å². The summed E-state index contributed by atoms with van der Waals surface area (Å²) in [6.07, 6.45) is 1.52. The van der Waals surface area contributed by atoms with E-state index < -0.39 is 11.9 Å². The summed E-state index contributed by atoms with van der Waals surface area (Å²) < 4.78 is 0. The first kappa shape index (κ1) is 14.5. The standard InChI is InChI=1S/C17H15ClO2S/c18-15-7-3-2-6-13(15)14(17(19)20)10-12-9-11-5-1-4-8-16(11)21-12/h1-8,12,14H,9-10H2,(H,19,20). The number of thioether (sulfide) groups is 1. The Morgan fingerprint density at radius 3 is 2.67 bits per heavy atom. The van der Waals surface area contributed by atoms with E-state index in [0.717, 1.165) is 6.42 Å². The SMILES string of the molecule is O=C(O)C(CC1Cc2ccccc2S1)c1ccccc1Cl. The molecule has 0 saturated carbocycles. The molecule has 1 heterocycles. The van der Waals surface area contributed by atoms with E-state index in [1.165, 1.54) is 10.5 Å².